The van der Waals surface area contributed by atoms with Crippen molar-refractivity contribution in [2.24, 2.45) is 0 Å². The van der Waals surface area contributed by atoms with Crippen molar-refractivity contribution in [1.82, 2.24) is 0 Å². The maximum Gasteiger partial charge on any atom is 0.510 e. The van der Waals surface area contributed by atoms with Crippen molar-refractivity contribution < 1.29 is 19.0 Å². The Bertz CT molecular complexity index is 111. The van der Waals surface area contributed by atoms with Crippen molar-refractivity contribution in [3.8, 4) is 0 Å². The van der Waals surface area contributed by atoms with E-state index in [1.54, 1.807) is 6.92 Å². The van der Waals surface area contributed by atoms with Gasteiger partial charge in [0, 0.05) is 0 Å². The van der Waals surface area contributed by atoms with E-state index in [1.807, 2.05) is 13.8 Å². The summed E-state index contributed by atoms with van der Waals surface area (Å²) in [6.45, 7) is 5.70. The zero-order valence-electron chi connectivity index (χ0n) is 7.12. The van der Waals surface area contributed by atoms with Gasteiger partial charge in [0.2, 0.25) is 0 Å². The first-order valence-corrected chi connectivity index (χ1v) is 3.58. The van der Waals surface area contributed by atoms with E-state index in [0.29, 0.717) is 6.61 Å². The van der Waals surface area contributed by atoms with Crippen LogP contribution in [0.4, 0.5) is 4.79 Å². The Morgan fingerprint density at radius 3 is 2.45 bits per heavy atom. The van der Waals surface area contributed by atoms with Crippen LogP contribution in [-0.2, 0) is 14.2 Å². The molecule has 0 bridgehead atoms. The fourth-order valence-corrected chi connectivity index (χ4v) is 0.378. The molecule has 66 valence electrons. The van der Waals surface area contributed by atoms with E-state index in [2.05, 4.69) is 9.47 Å². The second-order valence-electron chi connectivity index (χ2n) is 2.16. The van der Waals surface area contributed by atoms with Gasteiger partial charge in [-0.25, -0.2) is 4.79 Å². The molecule has 0 rings (SSSR count). The summed E-state index contributed by atoms with van der Waals surface area (Å²) < 4.78 is 13.9. The molecule has 0 amide bonds. The first kappa shape index (κ1) is 10.2. The third-order valence-corrected chi connectivity index (χ3v) is 0.840. The molecule has 0 saturated heterocycles. The van der Waals surface area contributed by atoms with E-state index >= 15 is 0 Å². The molecule has 0 aliphatic rings. The van der Waals surface area contributed by atoms with E-state index < -0.39 is 6.16 Å². The number of rotatable bonds is 4. The molecule has 0 aliphatic heterocycles. The topological polar surface area (TPSA) is 44.8 Å². The van der Waals surface area contributed by atoms with E-state index in [1.165, 1.54) is 0 Å². The SMILES string of the molecule is CCOC(=O)OCOC(C)C. The lowest BCUT2D eigenvalue weighted by atomic mass is 10.5. The Kier molecular flexibility index (Phi) is 5.56. The highest BCUT2D eigenvalue weighted by Gasteiger charge is 2.01. The normalized spacial score (nSPS) is 9.82. The monoisotopic (exact) mass is 162 g/mol. The summed E-state index contributed by atoms with van der Waals surface area (Å²) in [4.78, 5) is 10.5. The molecule has 0 spiro atoms. The molecule has 0 unspecified atom stereocenters. The molecule has 0 N–H and O–H groups in total. The van der Waals surface area contributed by atoms with Gasteiger partial charge in [-0.1, -0.05) is 0 Å². The Balaban J connectivity index is 3.17. The van der Waals surface area contributed by atoms with Crippen LogP contribution in [0.25, 0.3) is 0 Å². The maximum absolute atomic E-state index is 10.5. The van der Waals surface area contributed by atoms with Crippen molar-refractivity contribution in [1.29, 1.82) is 0 Å². The summed E-state index contributed by atoms with van der Waals surface area (Å²) in [7, 11) is 0. The van der Waals surface area contributed by atoms with Gasteiger partial charge in [0.15, 0.2) is 6.79 Å². The van der Waals surface area contributed by atoms with Gasteiger partial charge in [-0.15, -0.1) is 0 Å². The Morgan fingerprint density at radius 1 is 1.36 bits per heavy atom. The van der Waals surface area contributed by atoms with Crippen molar-refractivity contribution in [3.05, 3.63) is 0 Å². The zero-order chi connectivity index (χ0) is 8.69. The van der Waals surface area contributed by atoms with Gasteiger partial charge in [0.05, 0.1) is 12.7 Å². The quantitative estimate of drug-likeness (QED) is 0.464. The minimum Gasteiger partial charge on any atom is -0.435 e. The molecule has 0 aromatic rings. The van der Waals surface area contributed by atoms with Crippen LogP contribution in [0.15, 0.2) is 0 Å². The fraction of sp³-hybridized carbons (Fsp3) is 0.857. The summed E-state index contributed by atoms with van der Waals surface area (Å²) in [5.74, 6) is 0. The van der Waals surface area contributed by atoms with Crippen molar-refractivity contribution in [2.45, 2.75) is 26.9 Å². The maximum atomic E-state index is 10.5. The van der Waals surface area contributed by atoms with Gasteiger partial charge in [-0.05, 0) is 20.8 Å². The molecule has 0 radical (unpaired) electrons. The molecule has 11 heavy (non-hydrogen) atoms. The van der Waals surface area contributed by atoms with Crippen LogP contribution in [0, 0.1) is 0 Å². The van der Waals surface area contributed by atoms with Crippen LogP contribution in [0.5, 0.6) is 0 Å². The van der Waals surface area contributed by atoms with Crippen LogP contribution >= 0.6 is 0 Å². The highest BCUT2D eigenvalue weighted by Crippen LogP contribution is 1.90. The van der Waals surface area contributed by atoms with Crippen LogP contribution in [-0.4, -0.2) is 25.7 Å². The lowest BCUT2D eigenvalue weighted by Gasteiger charge is -2.07. The highest BCUT2D eigenvalue weighted by atomic mass is 16.8. The number of hydrogen-bond acceptors (Lipinski definition) is 4. The predicted octanol–water partition coefficient (Wildman–Crippen LogP) is 1.54. The second kappa shape index (κ2) is 5.97. The molecule has 4 heteroatoms. The lowest BCUT2D eigenvalue weighted by Crippen LogP contribution is -2.13. The number of ether oxygens (including phenoxy) is 3. The van der Waals surface area contributed by atoms with E-state index in [0.717, 1.165) is 0 Å². The van der Waals surface area contributed by atoms with Crippen molar-refractivity contribution in [2.75, 3.05) is 13.4 Å². The molecule has 0 aliphatic carbocycles. The van der Waals surface area contributed by atoms with E-state index in [-0.39, 0.29) is 12.9 Å². The molecule has 0 saturated carbocycles. The Hall–Kier alpha value is -0.770. The van der Waals surface area contributed by atoms with Gasteiger partial charge < -0.3 is 14.2 Å². The van der Waals surface area contributed by atoms with E-state index in [9.17, 15) is 4.79 Å². The molecule has 4 nitrogen and oxygen atoms in total. The second-order valence-corrected chi connectivity index (χ2v) is 2.16. The van der Waals surface area contributed by atoms with Crippen LogP contribution < -0.4 is 0 Å². The molecular formula is C7H14O4. The Labute approximate surface area is 66.4 Å². The van der Waals surface area contributed by atoms with Crippen molar-refractivity contribution >= 4 is 6.16 Å². The summed E-state index contributed by atoms with van der Waals surface area (Å²) in [5.41, 5.74) is 0. The molecule has 0 aromatic heterocycles. The van der Waals surface area contributed by atoms with Crippen molar-refractivity contribution in [3.63, 3.8) is 0 Å². The average Bonchev–Trinajstić information content (AvgIpc) is 1.87. The fourth-order valence-electron chi connectivity index (χ4n) is 0.378. The highest BCUT2D eigenvalue weighted by molar-refractivity contribution is 5.59. The molecular weight excluding hydrogens is 148 g/mol. The Morgan fingerprint density at radius 2 is 2.00 bits per heavy atom. The summed E-state index contributed by atoms with van der Waals surface area (Å²) in [6.07, 6.45) is -0.627. The first-order valence-electron chi connectivity index (χ1n) is 3.58. The van der Waals surface area contributed by atoms with Crippen LogP contribution in [0.1, 0.15) is 20.8 Å². The summed E-state index contributed by atoms with van der Waals surface area (Å²) in [6, 6.07) is 0. The predicted molar refractivity (Wildman–Crippen MR) is 39.2 cm³/mol. The lowest BCUT2D eigenvalue weighted by molar-refractivity contribution is -0.0653. The summed E-state index contributed by atoms with van der Waals surface area (Å²) in [5, 5.41) is 0. The smallest absolute Gasteiger partial charge is 0.435 e. The average molecular weight is 162 g/mol. The van der Waals surface area contributed by atoms with Crippen LogP contribution in [0.3, 0.4) is 0 Å². The third kappa shape index (κ3) is 7.12. The first-order chi connectivity index (χ1) is 5.16. The van der Waals surface area contributed by atoms with Gasteiger partial charge in [0.1, 0.15) is 0 Å². The minimum atomic E-state index is -0.687. The number of hydrogen-bond donors (Lipinski definition) is 0. The van der Waals surface area contributed by atoms with E-state index in [4.69, 9.17) is 4.74 Å². The third-order valence-electron chi connectivity index (χ3n) is 0.840. The molecule has 0 heterocycles. The van der Waals surface area contributed by atoms with Gasteiger partial charge in [-0.3, -0.25) is 0 Å². The zero-order valence-corrected chi connectivity index (χ0v) is 7.12. The van der Waals surface area contributed by atoms with Gasteiger partial charge in [0.25, 0.3) is 0 Å². The molecule has 0 fully saturated rings. The van der Waals surface area contributed by atoms with Crippen LogP contribution in [0.2, 0.25) is 0 Å². The molecule has 0 aromatic carbocycles. The summed E-state index contributed by atoms with van der Waals surface area (Å²) >= 11 is 0. The molecule has 0 atom stereocenters. The minimum absolute atomic E-state index is 0.0451. The number of carbonyl (C=O) groups excluding carboxylic acids is 1. The van der Waals surface area contributed by atoms with Gasteiger partial charge in [-0.2, -0.15) is 0 Å². The number of carbonyl (C=O) groups is 1. The standard InChI is InChI=1S/C7H14O4/c1-4-9-7(8)11-5-10-6(2)3/h6H,4-5H2,1-3H3. The van der Waals surface area contributed by atoms with Gasteiger partial charge >= 0.3 is 6.16 Å². The largest absolute Gasteiger partial charge is 0.510 e.